The van der Waals surface area contributed by atoms with Crippen molar-refractivity contribution < 1.29 is 22.7 Å². The fourth-order valence-electron chi connectivity index (χ4n) is 2.06. The lowest BCUT2D eigenvalue weighted by Gasteiger charge is -2.12. The third-order valence-corrected chi connectivity index (χ3v) is 2.88. The number of alkyl halides is 3. The van der Waals surface area contributed by atoms with Gasteiger partial charge >= 0.3 is 6.18 Å². The van der Waals surface area contributed by atoms with Crippen molar-refractivity contribution in [1.82, 2.24) is 0 Å². The van der Waals surface area contributed by atoms with Gasteiger partial charge < -0.3 is 4.74 Å². The highest BCUT2D eigenvalue weighted by molar-refractivity contribution is 5.95. The summed E-state index contributed by atoms with van der Waals surface area (Å²) in [7, 11) is 0. The van der Waals surface area contributed by atoms with E-state index in [4.69, 9.17) is 4.74 Å². The first kappa shape index (κ1) is 13.6. The summed E-state index contributed by atoms with van der Waals surface area (Å²) in [5.74, 6) is 0.0718. The van der Waals surface area contributed by atoms with Crippen molar-refractivity contribution in [3.05, 3.63) is 35.4 Å². The van der Waals surface area contributed by atoms with E-state index in [9.17, 15) is 18.0 Å². The predicted octanol–water partition coefficient (Wildman–Crippen LogP) is 3.85. The molecule has 2 nitrogen and oxygen atoms in total. The molecule has 5 heteroatoms. The van der Waals surface area contributed by atoms with Crippen LogP contribution in [0, 0.1) is 0 Å². The Balaban J connectivity index is 2.49. The first-order valence-corrected chi connectivity index (χ1v) is 5.93. The van der Waals surface area contributed by atoms with Gasteiger partial charge in [0.05, 0.1) is 12.2 Å². The van der Waals surface area contributed by atoms with Crippen LogP contribution < -0.4 is 4.74 Å². The normalized spacial score (nSPS) is 17.6. The van der Waals surface area contributed by atoms with Crippen LogP contribution in [0.25, 0.3) is 5.57 Å². The Morgan fingerprint density at radius 1 is 1.37 bits per heavy atom. The van der Waals surface area contributed by atoms with Gasteiger partial charge in [0, 0.05) is 5.56 Å². The van der Waals surface area contributed by atoms with E-state index in [1.807, 2.05) is 0 Å². The first-order valence-electron chi connectivity index (χ1n) is 5.93. The van der Waals surface area contributed by atoms with Gasteiger partial charge in [-0.1, -0.05) is 6.07 Å². The lowest BCUT2D eigenvalue weighted by Crippen LogP contribution is -2.06. The average Bonchev–Trinajstić information content (AvgIpc) is 2.49. The molecule has 0 unspecified atom stereocenters. The minimum Gasteiger partial charge on any atom is -0.493 e. The molecule has 0 spiro atoms. The second kappa shape index (κ2) is 5.07. The third kappa shape index (κ3) is 3.16. The molecule has 0 saturated heterocycles. The van der Waals surface area contributed by atoms with Crippen LogP contribution in [0.1, 0.15) is 30.9 Å². The van der Waals surface area contributed by atoms with Crippen molar-refractivity contribution in [3.63, 3.8) is 0 Å². The van der Waals surface area contributed by atoms with Crippen LogP contribution in [-0.4, -0.2) is 12.4 Å². The largest absolute Gasteiger partial charge is 0.493 e. The number of rotatable bonds is 1. The Bertz CT molecular complexity index is 530. The van der Waals surface area contributed by atoms with Crippen LogP contribution >= 0.6 is 0 Å². The van der Waals surface area contributed by atoms with E-state index < -0.39 is 11.7 Å². The van der Waals surface area contributed by atoms with Crippen molar-refractivity contribution in [2.75, 3.05) is 6.61 Å². The van der Waals surface area contributed by atoms with Gasteiger partial charge in [-0.25, -0.2) is 0 Å². The number of hydrogen-bond donors (Lipinski definition) is 0. The molecule has 0 radical (unpaired) electrons. The van der Waals surface area contributed by atoms with Crippen LogP contribution in [0.3, 0.4) is 0 Å². The van der Waals surface area contributed by atoms with Gasteiger partial charge in [0.15, 0.2) is 5.78 Å². The zero-order valence-corrected chi connectivity index (χ0v) is 10.4. The fourth-order valence-corrected chi connectivity index (χ4v) is 2.06. The summed E-state index contributed by atoms with van der Waals surface area (Å²) in [5.41, 5.74) is 0.560. The number of halogens is 3. The predicted molar refractivity (Wildman–Crippen MR) is 64.8 cm³/mol. The van der Waals surface area contributed by atoms with Gasteiger partial charge in [0.25, 0.3) is 0 Å². The molecule has 19 heavy (non-hydrogen) atoms. The van der Waals surface area contributed by atoms with E-state index in [-0.39, 0.29) is 11.5 Å². The third-order valence-electron chi connectivity index (χ3n) is 2.88. The maximum atomic E-state index is 12.6. The van der Waals surface area contributed by atoms with E-state index in [2.05, 4.69) is 0 Å². The van der Waals surface area contributed by atoms with E-state index in [0.717, 1.165) is 17.7 Å². The molecule has 1 heterocycles. The topological polar surface area (TPSA) is 26.3 Å². The molecular formula is C14H13F3O2. The van der Waals surface area contributed by atoms with Gasteiger partial charge in [-0.05, 0) is 43.5 Å². The minimum atomic E-state index is -4.39. The molecule has 0 atom stereocenters. The van der Waals surface area contributed by atoms with Gasteiger partial charge in [0.2, 0.25) is 0 Å². The molecule has 0 aromatic heterocycles. The van der Waals surface area contributed by atoms with Crippen molar-refractivity contribution in [2.24, 2.45) is 0 Å². The lowest BCUT2D eigenvalue weighted by atomic mass is 9.98. The van der Waals surface area contributed by atoms with Crippen LogP contribution in [0.15, 0.2) is 24.3 Å². The van der Waals surface area contributed by atoms with E-state index in [1.54, 1.807) is 0 Å². The lowest BCUT2D eigenvalue weighted by molar-refractivity contribution is -0.137. The molecule has 102 valence electrons. The van der Waals surface area contributed by atoms with Crippen molar-refractivity contribution in [3.8, 4) is 5.75 Å². The second-order valence-electron chi connectivity index (χ2n) is 4.44. The number of ketones is 1. The Labute approximate surface area is 108 Å². The second-order valence-corrected chi connectivity index (χ2v) is 4.44. The number of hydrogen-bond acceptors (Lipinski definition) is 2. The van der Waals surface area contributed by atoms with Gasteiger partial charge in [-0.15, -0.1) is 0 Å². The molecule has 0 amide bonds. The van der Waals surface area contributed by atoms with Crippen molar-refractivity contribution in [1.29, 1.82) is 0 Å². The molecule has 0 fully saturated rings. The quantitative estimate of drug-likeness (QED) is 0.724. The summed E-state index contributed by atoms with van der Waals surface area (Å²) in [6.45, 7) is 1.77. The standard InChI is InChI=1S/C14H13F3O2/c1-9(18)7-10-3-2-6-19-13-8-11(14(15,16)17)4-5-12(10)13/h4-5,7-8H,2-3,6H2,1H3/b10-7+. The first-order chi connectivity index (χ1) is 8.88. The zero-order valence-electron chi connectivity index (χ0n) is 10.4. The Kier molecular flexibility index (Phi) is 3.64. The highest BCUT2D eigenvalue weighted by Gasteiger charge is 2.31. The molecule has 0 N–H and O–H groups in total. The summed E-state index contributed by atoms with van der Waals surface area (Å²) < 4.78 is 43.3. The highest BCUT2D eigenvalue weighted by Crippen LogP contribution is 2.37. The molecule has 1 aromatic rings. The molecular weight excluding hydrogens is 257 g/mol. The van der Waals surface area contributed by atoms with E-state index in [0.29, 0.717) is 25.0 Å². The molecule has 1 aromatic carbocycles. The molecule has 0 aliphatic carbocycles. The number of benzene rings is 1. The number of carbonyl (C=O) groups excluding carboxylic acids is 1. The molecule has 0 bridgehead atoms. The Morgan fingerprint density at radius 2 is 2.11 bits per heavy atom. The fraction of sp³-hybridized carbons (Fsp3) is 0.357. The maximum absolute atomic E-state index is 12.6. The van der Waals surface area contributed by atoms with Crippen molar-refractivity contribution >= 4 is 11.4 Å². The molecule has 1 aliphatic rings. The average molecular weight is 270 g/mol. The van der Waals surface area contributed by atoms with Crippen LogP contribution in [-0.2, 0) is 11.0 Å². The van der Waals surface area contributed by atoms with E-state index in [1.165, 1.54) is 19.1 Å². The maximum Gasteiger partial charge on any atom is 0.416 e. The SMILES string of the molecule is CC(=O)/C=C1\CCCOc2cc(C(F)(F)F)ccc21. The Hall–Kier alpha value is -1.78. The van der Waals surface area contributed by atoms with E-state index >= 15 is 0 Å². The van der Waals surface area contributed by atoms with Crippen LogP contribution in [0.2, 0.25) is 0 Å². The Morgan fingerprint density at radius 3 is 2.74 bits per heavy atom. The van der Waals surface area contributed by atoms with Crippen LogP contribution in [0.4, 0.5) is 13.2 Å². The molecule has 1 aliphatic heterocycles. The van der Waals surface area contributed by atoms with Gasteiger partial charge in [-0.2, -0.15) is 13.2 Å². The summed E-state index contributed by atoms with van der Waals surface area (Å²) in [4.78, 5) is 11.2. The monoisotopic (exact) mass is 270 g/mol. The number of ether oxygens (including phenoxy) is 1. The number of fused-ring (bicyclic) bond motifs is 1. The summed E-state index contributed by atoms with van der Waals surface area (Å²) >= 11 is 0. The summed E-state index contributed by atoms with van der Waals surface area (Å²) in [6, 6.07) is 3.38. The summed E-state index contributed by atoms with van der Waals surface area (Å²) in [5, 5.41) is 0. The highest BCUT2D eigenvalue weighted by atomic mass is 19.4. The molecule has 0 saturated carbocycles. The minimum absolute atomic E-state index is 0.122. The number of carbonyl (C=O) groups is 1. The molecule has 2 rings (SSSR count). The van der Waals surface area contributed by atoms with Gasteiger partial charge in [0.1, 0.15) is 5.75 Å². The number of allylic oxidation sites excluding steroid dienone is 2. The van der Waals surface area contributed by atoms with Crippen molar-refractivity contribution in [2.45, 2.75) is 25.9 Å². The zero-order chi connectivity index (χ0) is 14.0. The van der Waals surface area contributed by atoms with Gasteiger partial charge in [-0.3, -0.25) is 4.79 Å². The smallest absolute Gasteiger partial charge is 0.416 e. The summed E-state index contributed by atoms with van der Waals surface area (Å²) in [6.07, 6.45) is -1.64. The van der Waals surface area contributed by atoms with Crippen LogP contribution in [0.5, 0.6) is 5.75 Å².